The van der Waals surface area contributed by atoms with Gasteiger partial charge in [-0.3, -0.25) is 10.8 Å². The van der Waals surface area contributed by atoms with Crippen molar-refractivity contribution in [1.29, 1.82) is 10.8 Å². The van der Waals surface area contributed by atoms with Crippen molar-refractivity contribution in [2.45, 2.75) is 44.1 Å². The molecule has 1 aromatic rings. The average Bonchev–Trinajstić information content (AvgIpc) is 2.58. The molecule has 4 fully saturated rings. The molecule has 5 heteroatoms. The van der Waals surface area contributed by atoms with E-state index in [4.69, 9.17) is 15.3 Å². The molecule has 4 aliphatic rings. The van der Waals surface area contributed by atoms with Gasteiger partial charge < -0.3 is 4.52 Å². The highest BCUT2D eigenvalue weighted by molar-refractivity contribution is 5.04. The summed E-state index contributed by atoms with van der Waals surface area (Å²) in [5.41, 5.74) is 0.238. The average molecular weight is 234 g/mol. The fourth-order valence-corrected chi connectivity index (χ4v) is 4.96. The van der Waals surface area contributed by atoms with Gasteiger partial charge in [0.1, 0.15) is 0 Å². The molecule has 0 saturated heterocycles. The summed E-state index contributed by atoms with van der Waals surface area (Å²) in [7, 11) is 0. The Labute approximate surface area is 98.8 Å². The number of aromatic amines is 1. The van der Waals surface area contributed by atoms with E-state index in [1.165, 1.54) is 38.5 Å². The minimum absolute atomic E-state index is 0.0410. The van der Waals surface area contributed by atoms with Crippen LogP contribution in [0.3, 0.4) is 0 Å². The van der Waals surface area contributed by atoms with Crippen molar-refractivity contribution < 1.29 is 4.52 Å². The van der Waals surface area contributed by atoms with Crippen LogP contribution in [0.4, 0.5) is 0 Å². The Hall–Kier alpha value is -1.26. The zero-order valence-electron chi connectivity index (χ0n) is 9.83. The van der Waals surface area contributed by atoms with Crippen LogP contribution in [0.15, 0.2) is 4.52 Å². The molecule has 4 aliphatic carbocycles. The quantitative estimate of drug-likeness (QED) is 0.672. The molecule has 92 valence electrons. The molecular weight excluding hydrogens is 216 g/mol. The molecule has 1 heterocycles. The molecule has 1 aromatic heterocycles. The topological polar surface area (TPSA) is 81.6 Å². The number of nitrogens with zero attached hydrogens (tertiary/aromatic N) is 1. The lowest BCUT2D eigenvalue weighted by Crippen LogP contribution is -2.55. The third-order valence-electron chi connectivity index (χ3n) is 5.16. The maximum absolute atomic E-state index is 7.96. The lowest BCUT2D eigenvalue weighted by molar-refractivity contribution is -0.0562. The van der Waals surface area contributed by atoms with Crippen LogP contribution in [0, 0.1) is 28.6 Å². The van der Waals surface area contributed by atoms with Gasteiger partial charge in [0, 0.05) is 0 Å². The van der Waals surface area contributed by atoms with Crippen LogP contribution in [0.1, 0.15) is 38.5 Å². The lowest BCUT2D eigenvalue weighted by atomic mass is 9.53. The number of H-pyrrole nitrogens is 1. The highest BCUT2D eigenvalue weighted by atomic mass is 16.5. The fourth-order valence-electron chi connectivity index (χ4n) is 4.96. The molecule has 5 nitrogen and oxygen atoms in total. The van der Waals surface area contributed by atoms with Gasteiger partial charge in [-0.05, 0) is 56.3 Å². The van der Waals surface area contributed by atoms with Gasteiger partial charge in [0.15, 0.2) is 0 Å². The van der Waals surface area contributed by atoms with E-state index < -0.39 is 0 Å². The summed E-state index contributed by atoms with van der Waals surface area (Å²) in [6.07, 6.45) is 7.68. The Bertz CT molecular complexity index is 528. The predicted octanol–water partition coefficient (Wildman–Crippen LogP) is 1.29. The van der Waals surface area contributed by atoms with Crippen LogP contribution in [-0.2, 0) is 5.54 Å². The van der Waals surface area contributed by atoms with E-state index in [0.717, 1.165) is 17.8 Å². The molecule has 0 radical (unpaired) electrons. The van der Waals surface area contributed by atoms with Gasteiger partial charge in [0.05, 0.1) is 5.54 Å². The summed E-state index contributed by atoms with van der Waals surface area (Å²) in [5.74, 6) is 2.52. The Balaban J connectivity index is 1.85. The minimum atomic E-state index is -0.0410. The lowest BCUT2D eigenvalue weighted by Gasteiger charge is -2.56. The molecule has 17 heavy (non-hydrogen) atoms. The van der Waals surface area contributed by atoms with E-state index in [1.54, 1.807) is 0 Å². The van der Waals surface area contributed by atoms with E-state index in [9.17, 15) is 0 Å². The third kappa shape index (κ3) is 1.20. The summed E-state index contributed by atoms with van der Waals surface area (Å²) in [6.45, 7) is 0. The summed E-state index contributed by atoms with van der Waals surface area (Å²) >= 11 is 0. The predicted molar refractivity (Wildman–Crippen MR) is 58.9 cm³/mol. The molecule has 0 atom stereocenters. The van der Waals surface area contributed by atoms with Gasteiger partial charge in [-0.25, -0.2) is 4.68 Å². The molecule has 0 unspecified atom stereocenters. The number of nitrogens with one attached hydrogen (secondary N) is 3. The van der Waals surface area contributed by atoms with E-state index in [2.05, 4.69) is 5.27 Å². The second-order valence-corrected chi connectivity index (χ2v) is 6.35. The summed E-state index contributed by atoms with van der Waals surface area (Å²) < 4.78 is 6.85. The minimum Gasteiger partial charge on any atom is -0.343 e. The van der Waals surface area contributed by atoms with Crippen LogP contribution in [0.2, 0.25) is 0 Å². The summed E-state index contributed by atoms with van der Waals surface area (Å²) in [5, 5.41) is 18.3. The third-order valence-corrected chi connectivity index (χ3v) is 5.16. The normalized spacial score (nSPS) is 43.2. The summed E-state index contributed by atoms with van der Waals surface area (Å²) in [6, 6.07) is 0. The Morgan fingerprint density at radius 3 is 2.00 bits per heavy atom. The van der Waals surface area contributed by atoms with Crippen molar-refractivity contribution in [3.05, 3.63) is 11.0 Å². The first-order valence-corrected chi connectivity index (χ1v) is 6.56. The second-order valence-electron chi connectivity index (χ2n) is 6.35. The molecule has 0 spiro atoms. The monoisotopic (exact) mass is 234 g/mol. The number of aromatic nitrogens is 2. The molecule has 3 N–H and O–H groups in total. The highest BCUT2D eigenvalue weighted by Gasteiger charge is 2.52. The maximum Gasteiger partial charge on any atom is 0.284 e. The van der Waals surface area contributed by atoms with Crippen molar-refractivity contribution in [1.82, 2.24) is 9.95 Å². The first-order chi connectivity index (χ1) is 8.16. The Kier molecular flexibility index (Phi) is 1.69. The molecule has 4 bridgehead atoms. The first-order valence-electron chi connectivity index (χ1n) is 6.56. The zero-order chi connectivity index (χ0) is 11.6. The fraction of sp³-hybridized carbons (Fsp3) is 0.833. The van der Waals surface area contributed by atoms with Gasteiger partial charge in [0.25, 0.3) is 5.55 Å². The standard InChI is InChI=1S/C12H18N4O/c13-10-11(14)17-15-16(10)12-4-7-1-8(5-12)3-9(2-7)6-12/h7-9,13-15H,1-6H2. The molecule has 5 rings (SSSR count). The van der Waals surface area contributed by atoms with Gasteiger partial charge in [-0.2, -0.15) is 5.27 Å². The van der Waals surface area contributed by atoms with Crippen LogP contribution in [0.25, 0.3) is 0 Å². The van der Waals surface area contributed by atoms with E-state index in [0.29, 0.717) is 0 Å². The smallest absolute Gasteiger partial charge is 0.284 e. The van der Waals surface area contributed by atoms with Gasteiger partial charge in [-0.1, -0.05) is 0 Å². The van der Waals surface area contributed by atoms with Crippen LogP contribution >= 0.6 is 0 Å². The van der Waals surface area contributed by atoms with E-state index in [-0.39, 0.29) is 16.6 Å². The van der Waals surface area contributed by atoms with Crippen LogP contribution in [0.5, 0.6) is 0 Å². The molecule has 0 aliphatic heterocycles. The van der Waals surface area contributed by atoms with Gasteiger partial charge in [0.2, 0.25) is 5.49 Å². The van der Waals surface area contributed by atoms with Crippen molar-refractivity contribution in [3.63, 3.8) is 0 Å². The zero-order valence-corrected chi connectivity index (χ0v) is 9.83. The maximum atomic E-state index is 7.96. The molecule has 0 amide bonds. The Morgan fingerprint density at radius 1 is 1.06 bits per heavy atom. The van der Waals surface area contributed by atoms with Crippen molar-refractivity contribution in [3.8, 4) is 0 Å². The van der Waals surface area contributed by atoms with Crippen molar-refractivity contribution >= 4 is 0 Å². The molecule has 4 saturated carbocycles. The highest BCUT2D eigenvalue weighted by Crippen LogP contribution is 2.58. The van der Waals surface area contributed by atoms with E-state index >= 15 is 0 Å². The number of hydrogen-bond donors (Lipinski definition) is 3. The van der Waals surface area contributed by atoms with Crippen LogP contribution in [-0.4, -0.2) is 9.95 Å². The molecule has 0 aromatic carbocycles. The summed E-state index contributed by atoms with van der Waals surface area (Å²) in [4.78, 5) is 0. The largest absolute Gasteiger partial charge is 0.343 e. The van der Waals surface area contributed by atoms with Crippen molar-refractivity contribution in [2.75, 3.05) is 0 Å². The van der Waals surface area contributed by atoms with Crippen LogP contribution < -0.4 is 11.0 Å². The molecular formula is C12H18N4O. The number of hydrogen-bond acceptors (Lipinski definition) is 3. The van der Waals surface area contributed by atoms with Gasteiger partial charge in [-0.15, -0.1) is 0 Å². The second kappa shape index (κ2) is 2.94. The first kappa shape index (κ1) is 9.74. The SMILES string of the molecule is N=c1o[nH]n(C23CC4CC(CC(C4)C2)C3)c1=N. The number of rotatable bonds is 1. The van der Waals surface area contributed by atoms with Gasteiger partial charge >= 0.3 is 0 Å². The van der Waals surface area contributed by atoms with E-state index in [1.807, 2.05) is 4.68 Å². The van der Waals surface area contributed by atoms with Crippen molar-refractivity contribution in [2.24, 2.45) is 17.8 Å². The Morgan fingerprint density at radius 2 is 1.59 bits per heavy atom.